The molecule has 0 aromatic carbocycles. The Hall–Kier alpha value is -0.760. The minimum Gasteiger partial charge on any atom is -0.292 e. The van der Waals surface area contributed by atoms with Gasteiger partial charge in [0.05, 0.1) is 5.75 Å². The van der Waals surface area contributed by atoms with E-state index in [0.29, 0.717) is 0 Å². The molecule has 0 saturated heterocycles. The molecule has 8 heteroatoms. The normalized spacial score (nSPS) is 10.6. The van der Waals surface area contributed by atoms with Gasteiger partial charge < -0.3 is 0 Å². The van der Waals surface area contributed by atoms with Crippen LogP contribution in [0.15, 0.2) is 0 Å². The Morgan fingerprint density at radius 3 is 2.23 bits per heavy atom. The smallest absolute Gasteiger partial charge is 0.292 e. The highest BCUT2D eigenvalue weighted by molar-refractivity contribution is 7.97. The Kier molecular flexibility index (Phi) is 4.78. The van der Waals surface area contributed by atoms with Crippen LogP contribution >= 0.6 is 11.9 Å². The number of sulfonamides is 1. The molecule has 0 aliphatic rings. The molecule has 6 nitrogen and oxygen atoms in total. The predicted molar refractivity (Wildman–Crippen MR) is 49.3 cm³/mol. The van der Waals surface area contributed by atoms with Gasteiger partial charge in [-0.05, 0) is 6.92 Å². The van der Waals surface area contributed by atoms with Gasteiger partial charge >= 0.3 is 11.8 Å². The molecule has 0 unspecified atom stereocenters. The molecular weight excluding hydrogens is 216 g/mol. The third kappa shape index (κ3) is 4.73. The summed E-state index contributed by atoms with van der Waals surface area (Å²) in [6.45, 7) is 1.36. The van der Waals surface area contributed by atoms with Crippen molar-refractivity contribution in [2.75, 3.05) is 12.0 Å². The first-order valence-electron chi connectivity index (χ1n) is 3.30. The predicted octanol–water partition coefficient (Wildman–Crippen LogP) is -1.15. The standard InChI is InChI=1S/C5H10N2O4S2/c1-3-13(10,11)7-5(9)4(8)6-12-2/h3H2,1-2H3,(H,6,8)(H,7,9). The number of hydrogen-bond donors (Lipinski definition) is 2. The van der Waals surface area contributed by atoms with E-state index in [1.165, 1.54) is 6.92 Å². The van der Waals surface area contributed by atoms with Crippen LogP contribution in [0, 0.1) is 0 Å². The highest BCUT2D eigenvalue weighted by Crippen LogP contribution is 1.85. The molecule has 0 aromatic rings. The minimum absolute atomic E-state index is 0.245. The summed E-state index contributed by atoms with van der Waals surface area (Å²) in [4.78, 5) is 21.5. The first-order chi connectivity index (χ1) is 5.93. The van der Waals surface area contributed by atoms with E-state index >= 15 is 0 Å². The van der Waals surface area contributed by atoms with E-state index in [1.807, 2.05) is 0 Å². The lowest BCUT2D eigenvalue weighted by Gasteiger charge is -2.02. The first kappa shape index (κ1) is 12.2. The lowest BCUT2D eigenvalue weighted by molar-refractivity contribution is -0.136. The van der Waals surface area contributed by atoms with Crippen molar-refractivity contribution in [1.29, 1.82) is 0 Å². The number of carbonyl (C=O) groups excluding carboxylic acids is 2. The quantitative estimate of drug-likeness (QED) is 0.468. The molecule has 0 spiro atoms. The van der Waals surface area contributed by atoms with Crippen LogP contribution in [0.4, 0.5) is 0 Å². The van der Waals surface area contributed by atoms with E-state index in [4.69, 9.17) is 0 Å². The van der Waals surface area contributed by atoms with Crippen molar-refractivity contribution in [2.24, 2.45) is 0 Å². The van der Waals surface area contributed by atoms with Crippen molar-refractivity contribution in [3.05, 3.63) is 0 Å². The van der Waals surface area contributed by atoms with Gasteiger partial charge in [0.15, 0.2) is 0 Å². The van der Waals surface area contributed by atoms with Crippen LogP contribution in [-0.4, -0.2) is 32.2 Å². The topological polar surface area (TPSA) is 92.3 Å². The zero-order valence-electron chi connectivity index (χ0n) is 7.16. The third-order valence-electron chi connectivity index (χ3n) is 1.03. The molecule has 0 fully saturated rings. The average molecular weight is 226 g/mol. The van der Waals surface area contributed by atoms with Gasteiger partial charge in [0.25, 0.3) is 0 Å². The number of amides is 2. The van der Waals surface area contributed by atoms with Gasteiger partial charge in [0, 0.05) is 6.26 Å². The molecule has 0 aliphatic heterocycles. The van der Waals surface area contributed by atoms with Crippen LogP contribution < -0.4 is 9.44 Å². The summed E-state index contributed by atoms with van der Waals surface area (Å²) >= 11 is 0.916. The zero-order chi connectivity index (χ0) is 10.5. The zero-order valence-corrected chi connectivity index (χ0v) is 8.79. The van der Waals surface area contributed by atoms with Gasteiger partial charge in [-0.15, -0.1) is 0 Å². The Labute approximate surface area is 80.6 Å². The summed E-state index contributed by atoms with van der Waals surface area (Å²) in [5, 5.41) is 0. The van der Waals surface area contributed by atoms with Crippen molar-refractivity contribution in [3.63, 3.8) is 0 Å². The Morgan fingerprint density at radius 1 is 1.31 bits per heavy atom. The van der Waals surface area contributed by atoms with Crippen molar-refractivity contribution < 1.29 is 18.0 Å². The van der Waals surface area contributed by atoms with Gasteiger partial charge in [-0.25, -0.2) is 13.1 Å². The van der Waals surface area contributed by atoms with E-state index in [0.717, 1.165) is 11.9 Å². The molecule has 0 radical (unpaired) electrons. The first-order valence-corrected chi connectivity index (χ1v) is 6.18. The number of rotatable bonds is 3. The van der Waals surface area contributed by atoms with Crippen molar-refractivity contribution in [3.8, 4) is 0 Å². The van der Waals surface area contributed by atoms with Gasteiger partial charge in [-0.1, -0.05) is 11.9 Å². The van der Waals surface area contributed by atoms with Crippen molar-refractivity contribution in [2.45, 2.75) is 6.92 Å². The summed E-state index contributed by atoms with van der Waals surface area (Å²) in [7, 11) is -3.65. The number of carbonyl (C=O) groups is 2. The van der Waals surface area contributed by atoms with Gasteiger partial charge in [0.2, 0.25) is 10.0 Å². The van der Waals surface area contributed by atoms with Crippen LogP contribution in [0.5, 0.6) is 0 Å². The summed E-state index contributed by atoms with van der Waals surface area (Å²) in [5.41, 5.74) is 0. The maximum absolute atomic E-state index is 10.8. The second kappa shape index (κ2) is 5.07. The molecule has 0 saturated carbocycles. The van der Waals surface area contributed by atoms with E-state index in [-0.39, 0.29) is 5.75 Å². The summed E-state index contributed by atoms with van der Waals surface area (Å²) < 4.78 is 25.3. The fourth-order valence-corrected chi connectivity index (χ4v) is 1.20. The second-order valence-corrected chi connectivity index (χ2v) is 4.59. The summed E-state index contributed by atoms with van der Waals surface area (Å²) in [6, 6.07) is 0. The lowest BCUT2D eigenvalue weighted by atomic mass is 10.6. The van der Waals surface area contributed by atoms with E-state index in [9.17, 15) is 18.0 Å². The van der Waals surface area contributed by atoms with E-state index < -0.39 is 21.8 Å². The van der Waals surface area contributed by atoms with Crippen molar-refractivity contribution in [1.82, 2.24) is 9.44 Å². The number of nitrogens with one attached hydrogen (secondary N) is 2. The molecule has 0 aliphatic carbocycles. The molecule has 0 bridgehead atoms. The highest BCUT2D eigenvalue weighted by atomic mass is 32.2. The second-order valence-electron chi connectivity index (χ2n) is 1.97. The van der Waals surface area contributed by atoms with Crippen LogP contribution in [0.1, 0.15) is 6.92 Å². The molecule has 76 valence electrons. The van der Waals surface area contributed by atoms with Crippen LogP contribution in [0.25, 0.3) is 0 Å². The Morgan fingerprint density at radius 2 is 1.85 bits per heavy atom. The summed E-state index contributed by atoms with van der Waals surface area (Å²) in [5.74, 6) is -2.40. The van der Waals surface area contributed by atoms with E-state index in [2.05, 4.69) is 4.72 Å². The van der Waals surface area contributed by atoms with Crippen LogP contribution in [0.2, 0.25) is 0 Å². The van der Waals surface area contributed by atoms with Gasteiger partial charge in [-0.3, -0.25) is 14.3 Å². The SMILES string of the molecule is CCS(=O)(=O)NC(=O)C(=O)NSC. The fourth-order valence-electron chi connectivity index (χ4n) is 0.399. The molecule has 0 rings (SSSR count). The molecule has 2 N–H and O–H groups in total. The van der Waals surface area contributed by atoms with Crippen LogP contribution in [0.3, 0.4) is 0 Å². The maximum Gasteiger partial charge on any atom is 0.323 e. The monoisotopic (exact) mass is 226 g/mol. The summed E-state index contributed by atoms with van der Waals surface area (Å²) in [6.07, 6.45) is 1.54. The molecule has 0 aromatic heterocycles. The molecule has 13 heavy (non-hydrogen) atoms. The number of hydrogen-bond acceptors (Lipinski definition) is 5. The molecule has 0 atom stereocenters. The minimum atomic E-state index is -3.65. The Balaban J connectivity index is 4.24. The van der Waals surface area contributed by atoms with E-state index in [1.54, 1.807) is 11.0 Å². The highest BCUT2D eigenvalue weighted by Gasteiger charge is 2.18. The molecular formula is C5H10N2O4S2. The van der Waals surface area contributed by atoms with Gasteiger partial charge in [0.1, 0.15) is 0 Å². The molecule has 2 amide bonds. The molecule has 0 heterocycles. The largest absolute Gasteiger partial charge is 0.323 e. The lowest BCUT2D eigenvalue weighted by Crippen LogP contribution is -2.41. The van der Waals surface area contributed by atoms with Gasteiger partial charge in [-0.2, -0.15) is 0 Å². The van der Waals surface area contributed by atoms with Crippen molar-refractivity contribution >= 4 is 33.8 Å². The average Bonchev–Trinajstić information content (AvgIpc) is 2.04. The fraction of sp³-hybridized carbons (Fsp3) is 0.600. The maximum atomic E-state index is 10.8. The van der Waals surface area contributed by atoms with Crippen LogP contribution in [-0.2, 0) is 19.6 Å². The Bertz CT molecular complexity index is 298. The third-order valence-corrected chi connectivity index (χ3v) is 2.68.